The lowest BCUT2D eigenvalue weighted by atomic mass is 10.0. The van der Waals surface area contributed by atoms with Gasteiger partial charge in [0.2, 0.25) is 5.91 Å². The fraction of sp³-hybridized carbons (Fsp3) is 0.238. The van der Waals surface area contributed by atoms with Crippen LogP contribution in [-0.4, -0.2) is 47.5 Å². The topological polar surface area (TPSA) is 84.2 Å². The molecule has 6 nitrogen and oxygen atoms in total. The molecule has 0 saturated heterocycles. The highest BCUT2D eigenvalue weighted by Gasteiger charge is 2.18. The fourth-order valence-corrected chi connectivity index (χ4v) is 3.64. The van der Waals surface area contributed by atoms with Crippen LogP contribution in [0.3, 0.4) is 0 Å². The third-order valence-corrected chi connectivity index (χ3v) is 5.00. The first-order valence-corrected chi connectivity index (χ1v) is 9.07. The van der Waals surface area contributed by atoms with Crippen LogP contribution in [0.1, 0.15) is 12.1 Å². The van der Waals surface area contributed by atoms with Gasteiger partial charge in [0.25, 0.3) is 0 Å². The zero-order valence-electron chi connectivity index (χ0n) is 15.5. The van der Waals surface area contributed by atoms with Gasteiger partial charge < -0.3 is 15.5 Å². The second-order valence-electron chi connectivity index (χ2n) is 6.83. The molecule has 144 valence electrons. The second kappa shape index (κ2) is 7.44. The van der Waals surface area contributed by atoms with Gasteiger partial charge in [-0.25, -0.2) is 9.37 Å². The summed E-state index contributed by atoms with van der Waals surface area (Å²) < 4.78 is 19.0. The number of methoxy groups -OCH3 is 1. The van der Waals surface area contributed by atoms with Crippen molar-refractivity contribution in [2.75, 3.05) is 26.7 Å². The van der Waals surface area contributed by atoms with Crippen LogP contribution in [0.5, 0.6) is 5.75 Å². The minimum Gasteiger partial charge on any atom is -0.496 e. The van der Waals surface area contributed by atoms with Gasteiger partial charge in [-0.1, -0.05) is 6.08 Å². The Morgan fingerprint density at radius 2 is 2.18 bits per heavy atom. The first-order valence-electron chi connectivity index (χ1n) is 9.07. The molecule has 2 aromatic heterocycles. The minimum atomic E-state index is -0.339. The first kappa shape index (κ1) is 18.2. The Labute approximate surface area is 161 Å². The van der Waals surface area contributed by atoms with Crippen LogP contribution in [0.25, 0.3) is 27.7 Å². The molecule has 1 aromatic carbocycles. The van der Waals surface area contributed by atoms with Gasteiger partial charge in [0.1, 0.15) is 17.2 Å². The molecule has 0 saturated carbocycles. The molecule has 28 heavy (non-hydrogen) atoms. The Bertz CT molecular complexity index is 1070. The second-order valence-corrected chi connectivity index (χ2v) is 6.83. The number of hydrogen-bond acceptors (Lipinski definition) is 4. The molecule has 3 heterocycles. The molecule has 0 fully saturated rings. The zero-order chi connectivity index (χ0) is 19.7. The molecule has 0 atom stereocenters. The highest BCUT2D eigenvalue weighted by atomic mass is 19.1. The predicted molar refractivity (Wildman–Crippen MR) is 106 cm³/mol. The van der Waals surface area contributed by atoms with Crippen molar-refractivity contribution in [3.05, 3.63) is 54.1 Å². The molecule has 0 spiro atoms. The van der Waals surface area contributed by atoms with E-state index in [1.54, 1.807) is 12.3 Å². The van der Waals surface area contributed by atoms with Crippen LogP contribution in [0.4, 0.5) is 4.39 Å². The largest absolute Gasteiger partial charge is 0.496 e. The van der Waals surface area contributed by atoms with Gasteiger partial charge in [-0.05, 0) is 41.8 Å². The summed E-state index contributed by atoms with van der Waals surface area (Å²) in [5, 5.41) is 0.947. The lowest BCUT2D eigenvalue weighted by Crippen LogP contribution is -2.36. The molecule has 1 aliphatic rings. The zero-order valence-corrected chi connectivity index (χ0v) is 15.5. The maximum absolute atomic E-state index is 13.6. The van der Waals surface area contributed by atoms with Crippen molar-refractivity contribution in [1.29, 1.82) is 0 Å². The number of rotatable bonds is 5. The Morgan fingerprint density at radius 1 is 1.32 bits per heavy atom. The highest BCUT2D eigenvalue weighted by Crippen LogP contribution is 2.36. The van der Waals surface area contributed by atoms with Crippen molar-refractivity contribution < 1.29 is 13.9 Å². The molecular weight excluding hydrogens is 359 g/mol. The normalized spacial score (nSPS) is 14.9. The molecule has 3 N–H and O–H groups in total. The van der Waals surface area contributed by atoms with Gasteiger partial charge in [0.15, 0.2) is 0 Å². The molecule has 0 aliphatic carbocycles. The summed E-state index contributed by atoms with van der Waals surface area (Å²) in [6.45, 7) is 1.72. The van der Waals surface area contributed by atoms with Crippen LogP contribution in [0.2, 0.25) is 0 Å². The number of carbonyl (C=O) groups excluding carboxylic acids is 1. The predicted octanol–water partition coefficient (Wildman–Crippen LogP) is 2.95. The molecule has 4 rings (SSSR count). The summed E-state index contributed by atoms with van der Waals surface area (Å²) in [5.41, 5.74) is 9.95. The molecule has 0 unspecified atom stereocenters. The number of primary amides is 1. The smallest absolute Gasteiger partial charge is 0.231 e. The van der Waals surface area contributed by atoms with Gasteiger partial charge in [-0.3, -0.25) is 9.69 Å². The van der Waals surface area contributed by atoms with E-state index in [9.17, 15) is 9.18 Å². The number of hydrogen-bond donors (Lipinski definition) is 2. The summed E-state index contributed by atoms with van der Waals surface area (Å²) >= 11 is 0. The number of halogens is 1. The van der Waals surface area contributed by atoms with E-state index in [-0.39, 0.29) is 18.3 Å². The number of aromatic amines is 1. The summed E-state index contributed by atoms with van der Waals surface area (Å²) in [5.74, 6) is -0.174. The Kier molecular flexibility index (Phi) is 4.83. The number of benzene rings is 1. The number of pyridine rings is 1. The molecule has 0 bridgehead atoms. The van der Waals surface area contributed by atoms with Gasteiger partial charge in [-0.2, -0.15) is 0 Å². The number of carbonyl (C=O) groups is 1. The van der Waals surface area contributed by atoms with E-state index in [2.05, 4.69) is 22.1 Å². The van der Waals surface area contributed by atoms with Crippen molar-refractivity contribution in [3.8, 4) is 16.9 Å². The number of ether oxygens (including phenoxy) is 1. The molecule has 7 heteroatoms. The average Bonchev–Trinajstić information content (AvgIpc) is 3.12. The van der Waals surface area contributed by atoms with E-state index in [0.29, 0.717) is 12.3 Å². The summed E-state index contributed by atoms with van der Waals surface area (Å²) in [6, 6.07) is 8.49. The maximum Gasteiger partial charge on any atom is 0.231 e. The number of H-pyrrole nitrogens is 1. The lowest BCUT2D eigenvalue weighted by Gasteiger charge is -2.24. The monoisotopic (exact) mass is 380 g/mol. The van der Waals surface area contributed by atoms with Gasteiger partial charge in [0.05, 0.1) is 13.7 Å². The van der Waals surface area contributed by atoms with Crippen molar-refractivity contribution in [2.45, 2.75) is 6.42 Å². The maximum atomic E-state index is 13.6. The first-order chi connectivity index (χ1) is 13.5. The van der Waals surface area contributed by atoms with Crippen LogP contribution >= 0.6 is 0 Å². The molecule has 1 aliphatic heterocycles. The number of nitrogens with zero attached hydrogens (tertiary/aromatic N) is 2. The SMILES string of the molecule is COc1cc(F)ccc1-c1ccnc2[nH]c(C3=CCN(CC(N)=O)CC3)cc12. The van der Waals surface area contributed by atoms with Crippen molar-refractivity contribution in [2.24, 2.45) is 5.73 Å². The van der Waals surface area contributed by atoms with Crippen LogP contribution in [-0.2, 0) is 4.79 Å². The van der Waals surface area contributed by atoms with Crippen molar-refractivity contribution >= 4 is 22.5 Å². The number of aromatic nitrogens is 2. The third-order valence-electron chi connectivity index (χ3n) is 5.00. The molecule has 3 aromatic rings. The average molecular weight is 380 g/mol. The molecule has 0 radical (unpaired) electrons. The number of amides is 1. The summed E-state index contributed by atoms with van der Waals surface area (Å²) in [6.07, 6.45) is 4.65. The molecular formula is C21H21FN4O2. The van der Waals surface area contributed by atoms with Crippen molar-refractivity contribution in [1.82, 2.24) is 14.9 Å². The van der Waals surface area contributed by atoms with Crippen LogP contribution < -0.4 is 10.5 Å². The number of nitrogens with one attached hydrogen (secondary N) is 1. The minimum absolute atomic E-state index is 0.270. The number of fused-ring (bicyclic) bond motifs is 1. The molecule has 1 amide bonds. The van der Waals surface area contributed by atoms with Gasteiger partial charge >= 0.3 is 0 Å². The van der Waals surface area contributed by atoms with Gasteiger partial charge in [0, 0.05) is 42.0 Å². The van der Waals surface area contributed by atoms with Gasteiger partial charge in [-0.15, -0.1) is 0 Å². The standard InChI is InChI=1S/C21H21FN4O2/c1-28-19-10-14(22)2-3-16(19)15-4-7-24-21-17(15)11-18(25-21)13-5-8-26(9-6-13)12-20(23)27/h2-5,7,10-11H,6,8-9,12H2,1H3,(H2,23,27)(H,24,25). The van der Waals surface area contributed by atoms with Crippen LogP contribution in [0, 0.1) is 5.82 Å². The fourth-order valence-electron chi connectivity index (χ4n) is 3.64. The van der Waals surface area contributed by atoms with E-state index in [1.165, 1.54) is 24.8 Å². The highest BCUT2D eigenvalue weighted by molar-refractivity contribution is 5.96. The lowest BCUT2D eigenvalue weighted by molar-refractivity contribution is -0.119. The Morgan fingerprint density at radius 3 is 2.89 bits per heavy atom. The van der Waals surface area contributed by atoms with E-state index in [1.807, 2.05) is 11.0 Å². The Balaban J connectivity index is 1.71. The summed E-state index contributed by atoms with van der Waals surface area (Å²) in [7, 11) is 1.53. The van der Waals surface area contributed by atoms with E-state index in [0.717, 1.165) is 40.8 Å². The third kappa shape index (κ3) is 3.48. The number of nitrogens with two attached hydrogens (primary N) is 1. The van der Waals surface area contributed by atoms with E-state index >= 15 is 0 Å². The summed E-state index contributed by atoms with van der Waals surface area (Å²) in [4.78, 5) is 20.9. The van der Waals surface area contributed by atoms with Crippen molar-refractivity contribution in [3.63, 3.8) is 0 Å². The van der Waals surface area contributed by atoms with Crippen LogP contribution in [0.15, 0.2) is 42.6 Å². The quantitative estimate of drug-likeness (QED) is 0.713. The van der Waals surface area contributed by atoms with E-state index in [4.69, 9.17) is 10.5 Å². The Hall–Kier alpha value is -3.19. The van der Waals surface area contributed by atoms with E-state index < -0.39 is 0 Å².